The van der Waals surface area contributed by atoms with E-state index in [1.165, 1.54) is 0 Å². The lowest BCUT2D eigenvalue weighted by atomic mass is 10.1. The summed E-state index contributed by atoms with van der Waals surface area (Å²) in [5, 5.41) is 3.32. The van der Waals surface area contributed by atoms with E-state index < -0.39 is 6.61 Å². The summed E-state index contributed by atoms with van der Waals surface area (Å²) in [5.74, 6) is 1.45. The van der Waals surface area contributed by atoms with Gasteiger partial charge in [-0.2, -0.15) is 8.78 Å². The molecule has 1 unspecified atom stereocenters. The molecule has 9 heteroatoms. The fraction of sp³-hybridized carbons (Fsp3) is 0.650. The van der Waals surface area contributed by atoms with E-state index in [4.69, 9.17) is 9.73 Å². The Morgan fingerprint density at radius 1 is 1.28 bits per heavy atom. The van der Waals surface area contributed by atoms with E-state index in [-0.39, 0.29) is 29.7 Å². The number of guanidine groups is 1. The van der Waals surface area contributed by atoms with Gasteiger partial charge in [-0.25, -0.2) is 0 Å². The first-order chi connectivity index (χ1) is 13.5. The summed E-state index contributed by atoms with van der Waals surface area (Å²) < 4.78 is 34.3. The Morgan fingerprint density at radius 2 is 1.93 bits per heavy atom. The number of nitrogens with one attached hydrogen (secondary N) is 1. The number of morpholine rings is 1. The zero-order chi connectivity index (χ0) is 20.4. The molecule has 1 aromatic rings. The van der Waals surface area contributed by atoms with E-state index in [0.29, 0.717) is 12.5 Å². The van der Waals surface area contributed by atoms with Gasteiger partial charge in [0.05, 0.1) is 13.2 Å². The first-order valence-corrected chi connectivity index (χ1v) is 9.81. The number of benzene rings is 1. The second kappa shape index (κ2) is 13.9. The topological polar surface area (TPSA) is 49.3 Å². The molecule has 0 spiro atoms. The second-order valence-corrected chi connectivity index (χ2v) is 7.09. The third kappa shape index (κ3) is 9.90. The average Bonchev–Trinajstić information content (AvgIpc) is 2.67. The molecular weight excluding hydrogens is 493 g/mol. The summed E-state index contributed by atoms with van der Waals surface area (Å²) in [5.41, 5.74) is 0.996. The molecule has 0 aliphatic carbocycles. The van der Waals surface area contributed by atoms with Crippen LogP contribution in [0.3, 0.4) is 0 Å². The van der Waals surface area contributed by atoms with Crippen molar-refractivity contribution in [1.82, 2.24) is 15.1 Å². The van der Waals surface area contributed by atoms with Crippen LogP contribution in [0.5, 0.6) is 5.75 Å². The Labute approximate surface area is 189 Å². The number of hydrogen-bond donors (Lipinski definition) is 1. The van der Waals surface area contributed by atoms with Gasteiger partial charge in [0, 0.05) is 46.3 Å². The van der Waals surface area contributed by atoms with Crippen molar-refractivity contribution in [3.8, 4) is 5.75 Å². The molecule has 1 saturated heterocycles. The Morgan fingerprint density at radius 3 is 2.52 bits per heavy atom. The van der Waals surface area contributed by atoms with Crippen LogP contribution in [-0.4, -0.2) is 75.4 Å². The Balaban J connectivity index is 0.00000420. The van der Waals surface area contributed by atoms with Crippen molar-refractivity contribution >= 4 is 29.9 Å². The first kappa shape index (κ1) is 25.8. The maximum atomic E-state index is 12.3. The van der Waals surface area contributed by atoms with Gasteiger partial charge < -0.3 is 19.7 Å². The monoisotopic (exact) mass is 526 g/mol. The van der Waals surface area contributed by atoms with E-state index >= 15 is 0 Å². The molecule has 1 aliphatic heterocycles. The van der Waals surface area contributed by atoms with Crippen LogP contribution in [-0.2, 0) is 11.3 Å². The van der Waals surface area contributed by atoms with Crippen LogP contribution in [0, 0.1) is 5.92 Å². The van der Waals surface area contributed by atoms with Crippen molar-refractivity contribution in [2.45, 2.75) is 27.0 Å². The Hall–Kier alpha value is -1.20. The minimum atomic E-state index is -2.81. The summed E-state index contributed by atoms with van der Waals surface area (Å²) in [6, 6.07) is 6.70. The predicted molar refractivity (Wildman–Crippen MR) is 122 cm³/mol. The van der Waals surface area contributed by atoms with Gasteiger partial charge >= 0.3 is 6.61 Å². The number of rotatable bonds is 9. The molecule has 1 aromatic carbocycles. The zero-order valence-corrected chi connectivity index (χ0v) is 19.8. The SMILES string of the molecule is CCNC(=NCC(C)CN1CCOCC1)N(C)Cc1ccc(OC(F)F)cc1.I. The highest BCUT2D eigenvalue weighted by atomic mass is 127. The fourth-order valence-electron chi connectivity index (χ4n) is 3.12. The van der Waals surface area contributed by atoms with Gasteiger partial charge in [0.1, 0.15) is 5.75 Å². The number of ether oxygens (including phenoxy) is 2. The van der Waals surface area contributed by atoms with Crippen LogP contribution in [0.4, 0.5) is 8.78 Å². The van der Waals surface area contributed by atoms with Crippen molar-refractivity contribution < 1.29 is 18.3 Å². The number of aliphatic imine (C=N–C) groups is 1. The normalized spacial score (nSPS) is 16.3. The van der Waals surface area contributed by atoms with Crippen molar-refractivity contribution in [2.75, 3.05) is 53.0 Å². The molecule has 1 N–H and O–H groups in total. The molecule has 0 aromatic heterocycles. The molecule has 0 amide bonds. The summed E-state index contributed by atoms with van der Waals surface area (Å²) in [6.07, 6.45) is 0. The van der Waals surface area contributed by atoms with Gasteiger partial charge in [-0.3, -0.25) is 9.89 Å². The molecule has 1 atom stereocenters. The highest BCUT2D eigenvalue weighted by Gasteiger charge is 2.14. The lowest BCUT2D eigenvalue weighted by Gasteiger charge is -2.29. The minimum absolute atomic E-state index is 0. The molecule has 6 nitrogen and oxygen atoms in total. The summed E-state index contributed by atoms with van der Waals surface area (Å²) in [6.45, 7) is 8.19. The lowest BCUT2D eigenvalue weighted by Crippen LogP contribution is -2.40. The molecule has 2 rings (SSSR count). The van der Waals surface area contributed by atoms with Gasteiger partial charge in [0.25, 0.3) is 0 Å². The highest BCUT2D eigenvalue weighted by Crippen LogP contribution is 2.16. The maximum Gasteiger partial charge on any atom is 0.387 e. The van der Waals surface area contributed by atoms with Crippen LogP contribution in [0.15, 0.2) is 29.3 Å². The third-order valence-corrected chi connectivity index (χ3v) is 4.49. The van der Waals surface area contributed by atoms with Crippen molar-refractivity contribution in [2.24, 2.45) is 10.9 Å². The van der Waals surface area contributed by atoms with Crippen LogP contribution in [0.2, 0.25) is 0 Å². The summed E-state index contributed by atoms with van der Waals surface area (Å²) in [7, 11) is 1.97. The number of alkyl halides is 2. The molecule has 0 radical (unpaired) electrons. The molecule has 1 heterocycles. The minimum Gasteiger partial charge on any atom is -0.435 e. The van der Waals surface area contributed by atoms with Crippen LogP contribution < -0.4 is 10.1 Å². The van der Waals surface area contributed by atoms with E-state index in [0.717, 1.165) is 57.5 Å². The Bertz CT molecular complexity index is 599. The van der Waals surface area contributed by atoms with Crippen molar-refractivity contribution in [3.05, 3.63) is 29.8 Å². The maximum absolute atomic E-state index is 12.3. The molecule has 0 saturated carbocycles. The van der Waals surface area contributed by atoms with Crippen molar-refractivity contribution in [3.63, 3.8) is 0 Å². The number of nitrogens with zero attached hydrogens (tertiary/aromatic N) is 3. The van der Waals surface area contributed by atoms with Gasteiger partial charge in [0.2, 0.25) is 0 Å². The second-order valence-electron chi connectivity index (χ2n) is 7.09. The van der Waals surface area contributed by atoms with E-state index in [9.17, 15) is 8.78 Å². The van der Waals surface area contributed by atoms with Crippen LogP contribution in [0.1, 0.15) is 19.4 Å². The molecule has 166 valence electrons. The summed E-state index contributed by atoms with van der Waals surface area (Å²) in [4.78, 5) is 9.24. The van der Waals surface area contributed by atoms with Gasteiger partial charge in [-0.15, -0.1) is 24.0 Å². The molecule has 29 heavy (non-hydrogen) atoms. The smallest absolute Gasteiger partial charge is 0.387 e. The van der Waals surface area contributed by atoms with E-state index in [1.54, 1.807) is 24.3 Å². The number of hydrogen-bond acceptors (Lipinski definition) is 4. The van der Waals surface area contributed by atoms with E-state index in [2.05, 4.69) is 21.9 Å². The lowest BCUT2D eigenvalue weighted by molar-refractivity contribution is -0.0498. The van der Waals surface area contributed by atoms with Crippen LogP contribution >= 0.6 is 24.0 Å². The third-order valence-electron chi connectivity index (χ3n) is 4.49. The van der Waals surface area contributed by atoms with Gasteiger partial charge in [-0.1, -0.05) is 19.1 Å². The predicted octanol–water partition coefficient (Wildman–Crippen LogP) is 3.27. The quantitative estimate of drug-likeness (QED) is 0.304. The summed E-state index contributed by atoms with van der Waals surface area (Å²) >= 11 is 0. The van der Waals surface area contributed by atoms with Gasteiger partial charge in [-0.05, 0) is 30.5 Å². The molecular formula is C20H33F2IN4O2. The molecule has 1 aliphatic rings. The molecule has 0 bridgehead atoms. The van der Waals surface area contributed by atoms with Crippen molar-refractivity contribution in [1.29, 1.82) is 0 Å². The standard InChI is InChI=1S/C20H32F2N4O2.HI/c1-4-23-20(24-13-16(2)14-26-9-11-27-12-10-26)25(3)15-17-5-7-18(8-6-17)28-19(21)22;/h5-8,16,19H,4,9-15H2,1-3H3,(H,23,24);1H. The number of halogens is 3. The van der Waals surface area contributed by atoms with Gasteiger partial charge in [0.15, 0.2) is 5.96 Å². The van der Waals surface area contributed by atoms with Crippen LogP contribution in [0.25, 0.3) is 0 Å². The Kier molecular flexibility index (Phi) is 12.4. The largest absolute Gasteiger partial charge is 0.435 e. The average molecular weight is 526 g/mol. The zero-order valence-electron chi connectivity index (χ0n) is 17.4. The molecule has 1 fully saturated rings. The van der Waals surface area contributed by atoms with E-state index in [1.807, 2.05) is 18.9 Å². The first-order valence-electron chi connectivity index (χ1n) is 9.81. The fourth-order valence-corrected chi connectivity index (χ4v) is 3.12. The highest BCUT2D eigenvalue weighted by molar-refractivity contribution is 14.0.